The fraction of sp³-hybridized carbons (Fsp3) is 0.250. The maximum Gasteiger partial charge on any atom is 0.416 e. The number of amides is 1. The van der Waals surface area contributed by atoms with E-state index in [1.54, 1.807) is 12.1 Å². The summed E-state index contributed by atoms with van der Waals surface area (Å²) in [6.07, 6.45) is -1.02. The number of ether oxygens (including phenoxy) is 1. The van der Waals surface area contributed by atoms with Crippen LogP contribution in [-0.4, -0.2) is 66.9 Å². The second kappa shape index (κ2) is 10.8. The molecule has 1 N–H and O–H groups in total. The number of hydrogen-bond acceptors (Lipinski definition) is 7. The van der Waals surface area contributed by atoms with Crippen LogP contribution in [0.15, 0.2) is 59.9 Å². The van der Waals surface area contributed by atoms with Crippen molar-refractivity contribution < 1.29 is 41.0 Å². The molecule has 0 fully saturated rings. The maximum atomic E-state index is 13.8. The summed E-state index contributed by atoms with van der Waals surface area (Å²) in [4.78, 5) is 33.8. The zero-order valence-corrected chi connectivity index (χ0v) is 21.4. The molecule has 0 aliphatic heterocycles. The predicted molar refractivity (Wildman–Crippen MR) is 130 cm³/mol. The van der Waals surface area contributed by atoms with Crippen molar-refractivity contribution in [2.24, 2.45) is 0 Å². The number of carboxylic acids is 1. The Balaban J connectivity index is 2.31. The van der Waals surface area contributed by atoms with Crippen molar-refractivity contribution >= 4 is 27.6 Å². The van der Waals surface area contributed by atoms with Gasteiger partial charge in [0.25, 0.3) is 5.91 Å². The number of carbonyl (C=O) groups is 2. The summed E-state index contributed by atoms with van der Waals surface area (Å²) in [5.74, 6) is -2.54. The zero-order valence-electron chi connectivity index (χ0n) is 20.6. The van der Waals surface area contributed by atoms with E-state index in [-0.39, 0.29) is 17.1 Å². The van der Waals surface area contributed by atoms with Crippen LogP contribution >= 0.6 is 0 Å². The van der Waals surface area contributed by atoms with Gasteiger partial charge in [0, 0.05) is 43.2 Å². The third-order valence-electron chi connectivity index (χ3n) is 5.54. The van der Waals surface area contributed by atoms with Gasteiger partial charge >= 0.3 is 12.1 Å². The second-order valence-corrected chi connectivity index (χ2v) is 10.3. The minimum absolute atomic E-state index is 0.0758. The van der Waals surface area contributed by atoms with Gasteiger partial charge in [-0.25, -0.2) is 22.5 Å². The number of sulfonamides is 1. The smallest absolute Gasteiger partial charge is 0.416 e. The molecule has 2 aromatic heterocycles. The standard InChI is InChI=1S/C24H23F3N4O6S/c1-14(23(33)34)31(20-13-28-9-7-18(20)19-6-5-8-29-21(19)37-4)22(32)15-10-16(24(25,26)27)12-17(11-15)38(35,36)30(2)3/h5-14H,1-4H3,(H,33,34). The molecule has 0 aliphatic rings. The Morgan fingerprint density at radius 2 is 1.76 bits per heavy atom. The van der Waals surface area contributed by atoms with E-state index in [0.29, 0.717) is 22.0 Å². The molecule has 1 atom stereocenters. The Morgan fingerprint density at radius 1 is 1.08 bits per heavy atom. The molecule has 0 radical (unpaired) electrons. The van der Waals surface area contributed by atoms with Crippen LogP contribution in [0.25, 0.3) is 11.1 Å². The number of carboxylic acid groups (broad SMARTS) is 1. The van der Waals surface area contributed by atoms with Crippen molar-refractivity contribution in [2.45, 2.75) is 24.0 Å². The lowest BCUT2D eigenvalue weighted by Gasteiger charge is -2.29. The lowest BCUT2D eigenvalue weighted by Crippen LogP contribution is -2.44. The number of methoxy groups -OCH3 is 1. The number of aromatic nitrogens is 2. The monoisotopic (exact) mass is 552 g/mol. The van der Waals surface area contributed by atoms with E-state index >= 15 is 0 Å². The number of halogens is 3. The van der Waals surface area contributed by atoms with Crippen molar-refractivity contribution in [3.05, 3.63) is 66.1 Å². The summed E-state index contributed by atoms with van der Waals surface area (Å²) in [5.41, 5.74) is -1.57. The van der Waals surface area contributed by atoms with E-state index in [2.05, 4.69) is 9.97 Å². The van der Waals surface area contributed by atoms with Gasteiger partial charge in [-0.05, 0) is 43.3 Å². The lowest BCUT2D eigenvalue weighted by atomic mass is 10.0. The maximum absolute atomic E-state index is 13.8. The molecule has 10 nitrogen and oxygen atoms in total. The molecule has 0 saturated heterocycles. The van der Waals surface area contributed by atoms with Gasteiger partial charge in [-0.2, -0.15) is 13.2 Å². The third kappa shape index (κ3) is 5.60. The Labute approximate surface area is 216 Å². The molecule has 1 unspecified atom stereocenters. The Hall–Kier alpha value is -4.04. The Bertz CT molecular complexity index is 1480. The molecule has 0 bridgehead atoms. The number of carbonyl (C=O) groups excluding carboxylic acids is 1. The van der Waals surface area contributed by atoms with Crippen molar-refractivity contribution in [1.82, 2.24) is 14.3 Å². The number of nitrogens with zero attached hydrogens (tertiary/aromatic N) is 4. The van der Waals surface area contributed by atoms with Crippen molar-refractivity contribution in [3.63, 3.8) is 0 Å². The van der Waals surface area contributed by atoms with E-state index in [4.69, 9.17) is 4.74 Å². The fourth-order valence-electron chi connectivity index (χ4n) is 3.55. The topological polar surface area (TPSA) is 130 Å². The summed E-state index contributed by atoms with van der Waals surface area (Å²) >= 11 is 0. The number of anilines is 1. The molecule has 1 aromatic carbocycles. The van der Waals surface area contributed by atoms with Crippen molar-refractivity contribution in [1.29, 1.82) is 0 Å². The molecule has 202 valence electrons. The second-order valence-electron chi connectivity index (χ2n) is 8.17. The highest BCUT2D eigenvalue weighted by Crippen LogP contribution is 2.37. The van der Waals surface area contributed by atoms with Gasteiger partial charge in [0.1, 0.15) is 6.04 Å². The first-order chi connectivity index (χ1) is 17.7. The molecule has 1 amide bonds. The zero-order chi connectivity index (χ0) is 28.4. The third-order valence-corrected chi connectivity index (χ3v) is 7.33. The summed E-state index contributed by atoms with van der Waals surface area (Å²) in [6.45, 7) is 1.16. The summed E-state index contributed by atoms with van der Waals surface area (Å²) < 4.78 is 72.5. The lowest BCUT2D eigenvalue weighted by molar-refractivity contribution is -0.138. The molecular weight excluding hydrogens is 529 g/mol. The highest BCUT2D eigenvalue weighted by molar-refractivity contribution is 7.89. The van der Waals surface area contributed by atoms with Gasteiger partial charge in [0.15, 0.2) is 0 Å². The van der Waals surface area contributed by atoms with Gasteiger partial charge in [-0.3, -0.25) is 14.7 Å². The van der Waals surface area contributed by atoms with Gasteiger partial charge < -0.3 is 9.84 Å². The van der Waals surface area contributed by atoms with Gasteiger partial charge in [-0.15, -0.1) is 0 Å². The normalized spacial score (nSPS) is 12.7. The molecule has 0 saturated carbocycles. The summed E-state index contributed by atoms with van der Waals surface area (Å²) in [7, 11) is -0.793. The molecule has 0 aliphatic carbocycles. The number of aliphatic carboxylic acids is 1. The van der Waals surface area contributed by atoms with Crippen LogP contribution in [0.1, 0.15) is 22.8 Å². The molecule has 3 aromatic rings. The van der Waals surface area contributed by atoms with E-state index < -0.39 is 50.1 Å². The molecule has 2 heterocycles. The summed E-state index contributed by atoms with van der Waals surface area (Å²) in [6, 6.07) is 4.67. The summed E-state index contributed by atoms with van der Waals surface area (Å²) in [5, 5.41) is 9.78. The number of benzene rings is 1. The van der Waals surface area contributed by atoms with Crippen LogP contribution < -0.4 is 9.64 Å². The van der Waals surface area contributed by atoms with E-state index in [1.807, 2.05) is 0 Å². The fourth-order valence-corrected chi connectivity index (χ4v) is 4.53. The minimum atomic E-state index is -5.00. The largest absolute Gasteiger partial charge is 0.481 e. The van der Waals surface area contributed by atoms with Crippen LogP contribution in [0.2, 0.25) is 0 Å². The first-order valence-electron chi connectivity index (χ1n) is 10.8. The highest BCUT2D eigenvalue weighted by atomic mass is 32.2. The van der Waals surface area contributed by atoms with Crippen LogP contribution in [0.5, 0.6) is 5.88 Å². The number of hydrogen-bond donors (Lipinski definition) is 1. The average Bonchev–Trinajstić information content (AvgIpc) is 2.88. The number of alkyl halides is 3. The van der Waals surface area contributed by atoms with Crippen LogP contribution in [0.4, 0.5) is 18.9 Å². The van der Waals surface area contributed by atoms with Crippen LogP contribution in [0, 0.1) is 0 Å². The first-order valence-corrected chi connectivity index (χ1v) is 12.3. The minimum Gasteiger partial charge on any atom is -0.481 e. The van der Waals surface area contributed by atoms with E-state index in [0.717, 1.165) is 32.0 Å². The number of pyridine rings is 2. The molecule has 0 spiro atoms. The molecule has 3 rings (SSSR count). The first kappa shape index (κ1) is 28.5. The quantitative estimate of drug-likeness (QED) is 0.449. The van der Waals surface area contributed by atoms with Crippen LogP contribution in [-0.2, 0) is 21.0 Å². The SMILES string of the molecule is COc1ncccc1-c1ccncc1N(C(=O)c1cc(C(F)(F)F)cc(S(=O)(=O)N(C)C)c1)C(C)C(=O)O. The Kier molecular flexibility index (Phi) is 8.07. The van der Waals surface area contributed by atoms with Gasteiger partial charge in [0.2, 0.25) is 15.9 Å². The van der Waals surface area contributed by atoms with Gasteiger partial charge in [-0.1, -0.05) is 0 Å². The molecule has 38 heavy (non-hydrogen) atoms. The average molecular weight is 553 g/mol. The molecular formula is C24H23F3N4O6S. The van der Waals surface area contributed by atoms with Crippen molar-refractivity contribution in [3.8, 4) is 17.0 Å². The number of rotatable bonds is 8. The van der Waals surface area contributed by atoms with E-state index in [1.165, 1.54) is 31.8 Å². The van der Waals surface area contributed by atoms with Gasteiger partial charge in [0.05, 0.1) is 29.5 Å². The Morgan fingerprint density at radius 3 is 2.34 bits per heavy atom. The predicted octanol–water partition coefficient (Wildman–Crippen LogP) is 3.54. The highest BCUT2D eigenvalue weighted by Gasteiger charge is 2.36. The van der Waals surface area contributed by atoms with Crippen molar-refractivity contribution in [2.75, 3.05) is 26.1 Å². The van der Waals surface area contributed by atoms with E-state index in [9.17, 15) is 36.3 Å². The molecule has 14 heteroatoms. The van der Waals surface area contributed by atoms with Crippen LogP contribution in [0.3, 0.4) is 0 Å².